The van der Waals surface area contributed by atoms with Crippen molar-refractivity contribution in [3.05, 3.63) is 47.0 Å². The minimum atomic E-state index is -0.264. The highest BCUT2D eigenvalue weighted by atomic mass is 35.5. The zero-order valence-electron chi connectivity index (χ0n) is 17.5. The summed E-state index contributed by atoms with van der Waals surface area (Å²) in [5.41, 5.74) is 1.27. The number of likely N-dealkylation sites (N-methyl/N-ethyl adjacent to an activating group) is 1. The first-order chi connectivity index (χ1) is 14.4. The van der Waals surface area contributed by atoms with Gasteiger partial charge in [-0.25, -0.2) is 0 Å². The Hall–Kier alpha value is -2.97. The van der Waals surface area contributed by atoms with E-state index < -0.39 is 0 Å². The van der Waals surface area contributed by atoms with Crippen LogP contribution in [0, 0.1) is 0 Å². The molecule has 2 aromatic rings. The number of benzene rings is 2. The first kappa shape index (κ1) is 23.3. The summed E-state index contributed by atoms with van der Waals surface area (Å²) in [6.45, 7) is 0.325. The average molecular weight is 436 g/mol. The lowest BCUT2D eigenvalue weighted by molar-refractivity contribution is -0.123. The molecule has 30 heavy (non-hydrogen) atoms. The Morgan fingerprint density at radius 2 is 1.53 bits per heavy atom. The minimum Gasteiger partial charge on any atom is -0.496 e. The molecule has 0 aromatic heterocycles. The summed E-state index contributed by atoms with van der Waals surface area (Å²) < 4.78 is 15.9. The summed E-state index contributed by atoms with van der Waals surface area (Å²) in [6, 6.07) is 10.4. The zero-order valence-corrected chi connectivity index (χ0v) is 18.2. The van der Waals surface area contributed by atoms with E-state index in [1.165, 1.54) is 21.3 Å². The van der Waals surface area contributed by atoms with Gasteiger partial charge in [-0.05, 0) is 25.2 Å². The molecule has 162 valence electrons. The number of nitrogens with one attached hydrogen (secondary N) is 2. The van der Waals surface area contributed by atoms with Gasteiger partial charge in [0.1, 0.15) is 5.75 Å². The van der Waals surface area contributed by atoms with E-state index in [1.807, 2.05) is 0 Å². The third-order valence-electron chi connectivity index (χ3n) is 4.24. The number of rotatable bonds is 10. The van der Waals surface area contributed by atoms with Crippen LogP contribution in [-0.4, -0.2) is 58.2 Å². The Morgan fingerprint density at radius 3 is 2.17 bits per heavy atom. The molecule has 0 unspecified atom stereocenters. The maximum atomic E-state index is 12.3. The molecule has 0 aliphatic heterocycles. The van der Waals surface area contributed by atoms with E-state index in [2.05, 4.69) is 10.6 Å². The molecule has 0 atom stereocenters. The topological polar surface area (TPSA) is 89.1 Å². The Labute approximate surface area is 181 Å². The first-order valence-corrected chi connectivity index (χ1v) is 9.54. The summed E-state index contributed by atoms with van der Waals surface area (Å²) in [5, 5.41) is 5.99. The molecule has 0 heterocycles. The molecule has 0 saturated carbocycles. The first-order valence-electron chi connectivity index (χ1n) is 9.16. The van der Waals surface area contributed by atoms with Gasteiger partial charge in [0.05, 0.1) is 45.1 Å². The average Bonchev–Trinajstić information content (AvgIpc) is 2.72. The van der Waals surface area contributed by atoms with E-state index in [-0.39, 0.29) is 31.4 Å². The van der Waals surface area contributed by atoms with Crippen LogP contribution < -0.4 is 24.8 Å². The van der Waals surface area contributed by atoms with Gasteiger partial charge in [-0.2, -0.15) is 0 Å². The van der Waals surface area contributed by atoms with Gasteiger partial charge >= 0.3 is 0 Å². The zero-order chi connectivity index (χ0) is 22.1. The van der Waals surface area contributed by atoms with Crippen LogP contribution in [0.4, 0.5) is 5.69 Å². The maximum Gasteiger partial charge on any atom is 0.238 e. The standard InChI is InChI=1S/C21H26ClN3O5/c1-25(13-21(27)24-16-8-6-5-7-15(16)22)12-20(26)23-11-14-9-18(29-3)19(30-4)10-17(14)28-2/h5-10H,11-13H2,1-4H3,(H,23,26)(H,24,27). The van der Waals surface area contributed by atoms with E-state index in [4.69, 9.17) is 25.8 Å². The van der Waals surface area contributed by atoms with E-state index in [1.54, 1.807) is 48.3 Å². The van der Waals surface area contributed by atoms with Crippen LogP contribution >= 0.6 is 11.6 Å². The molecule has 0 spiro atoms. The molecule has 0 aliphatic rings. The lowest BCUT2D eigenvalue weighted by Gasteiger charge is -2.17. The van der Waals surface area contributed by atoms with Crippen LogP contribution in [0.5, 0.6) is 17.2 Å². The molecular weight excluding hydrogens is 410 g/mol. The molecule has 0 aliphatic carbocycles. The van der Waals surface area contributed by atoms with Crippen molar-refractivity contribution in [2.45, 2.75) is 6.54 Å². The number of nitrogens with zero attached hydrogens (tertiary/aromatic N) is 1. The van der Waals surface area contributed by atoms with E-state index in [9.17, 15) is 9.59 Å². The van der Waals surface area contributed by atoms with Gasteiger partial charge in [0, 0.05) is 18.2 Å². The summed E-state index contributed by atoms with van der Waals surface area (Å²) in [4.78, 5) is 26.1. The van der Waals surface area contributed by atoms with Crippen molar-refractivity contribution in [1.82, 2.24) is 10.2 Å². The lowest BCUT2D eigenvalue weighted by Crippen LogP contribution is -2.38. The number of ether oxygens (including phenoxy) is 3. The van der Waals surface area contributed by atoms with Crippen LogP contribution in [0.3, 0.4) is 0 Å². The van der Waals surface area contributed by atoms with E-state index in [0.29, 0.717) is 28.0 Å². The Kier molecular flexibility index (Phi) is 8.76. The molecule has 0 radical (unpaired) electrons. The fourth-order valence-corrected chi connectivity index (χ4v) is 2.96. The maximum absolute atomic E-state index is 12.3. The molecule has 0 fully saturated rings. The quantitative estimate of drug-likeness (QED) is 0.596. The highest BCUT2D eigenvalue weighted by molar-refractivity contribution is 6.33. The summed E-state index contributed by atoms with van der Waals surface area (Å²) in [5.74, 6) is 1.14. The number of hydrogen-bond acceptors (Lipinski definition) is 6. The molecule has 2 amide bonds. The third kappa shape index (κ3) is 6.53. The molecule has 0 saturated heterocycles. The minimum absolute atomic E-state index is 0.0400. The summed E-state index contributed by atoms with van der Waals surface area (Å²) in [7, 11) is 6.30. The SMILES string of the molecule is COc1cc(OC)c(OC)cc1CNC(=O)CN(C)CC(=O)Nc1ccccc1Cl. The van der Waals surface area contributed by atoms with Gasteiger partial charge in [0.15, 0.2) is 11.5 Å². The van der Waals surface area contributed by atoms with Gasteiger partial charge in [0.25, 0.3) is 0 Å². The highest BCUT2D eigenvalue weighted by Gasteiger charge is 2.15. The molecule has 0 bridgehead atoms. The van der Waals surface area contributed by atoms with Crippen molar-refractivity contribution in [2.24, 2.45) is 0 Å². The predicted octanol–water partition coefficient (Wildman–Crippen LogP) is 2.55. The second kappa shape index (κ2) is 11.3. The van der Waals surface area contributed by atoms with Crippen molar-refractivity contribution in [1.29, 1.82) is 0 Å². The third-order valence-corrected chi connectivity index (χ3v) is 4.57. The van der Waals surface area contributed by atoms with Gasteiger partial charge in [-0.3, -0.25) is 14.5 Å². The van der Waals surface area contributed by atoms with Gasteiger partial charge in [-0.1, -0.05) is 23.7 Å². The number of methoxy groups -OCH3 is 3. The Bertz CT molecular complexity index is 891. The lowest BCUT2D eigenvalue weighted by atomic mass is 10.1. The van der Waals surface area contributed by atoms with Crippen molar-refractivity contribution in [3.63, 3.8) is 0 Å². The number of carbonyl (C=O) groups excluding carboxylic acids is 2. The van der Waals surface area contributed by atoms with Crippen molar-refractivity contribution in [3.8, 4) is 17.2 Å². The fraction of sp³-hybridized carbons (Fsp3) is 0.333. The normalized spacial score (nSPS) is 10.5. The van der Waals surface area contributed by atoms with Crippen LogP contribution in [0.15, 0.2) is 36.4 Å². The Morgan fingerprint density at radius 1 is 0.933 bits per heavy atom. The van der Waals surface area contributed by atoms with Crippen molar-refractivity contribution >= 4 is 29.1 Å². The monoisotopic (exact) mass is 435 g/mol. The molecule has 9 heteroatoms. The molecular formula is C21H26ClN3O5. The van der Waals surface area contributed by atoms with Gasteiger partial charge < -0.3 is 24.8 Å². The molecule has 8 nitrogen and oxygen atoms in total. The second-order valence-corrected chi connectivity index (χ2v) is 6.90. The van der Waals surface area contributed by atoms with Crippen molar-refractivity contribution < 1.29 is 23.8 Å². The number of amides is 2. The largest absolute Gasteiger partial charge is 0.496 e. The molecule has 2 N–H and O–H groups in total. The Balaban J connectivity index is 1.88. The van der Waals surface area contributed by atoms with Gasteiger partial charge in [0.2, 0.25) is 11.8 Å². The van der Waals surface area contributed by atoms with Crippen LogP contribution in [0.2, 0.25) is 5.02 Å². The molecule has 2 rings (SSSR count). The predicted molar refractivity (Wildman–Crippen MR) is 116 cm³/mol. The fourth-order valence-electron chi connectivity index (χ4n) is 2.78. The summed E-state index contributed by atoms with van der Waals surface area (Å²) >= 11 is 6.03. The van der Waals surface area contributed by atoms with Crippen molar-refractivity contribution in [2.75, 3.05) is 46.8 Å². The van der Waals surface area contributed by atoms with Crippen LogP contribution in [0.1, 0.15) is 5.56 Å². The second-order valence-electron chi connectivity index (χ2n) is 6.50. The number of carbonyl (C=O) groups is 2. The number of anilines is 1. The number of halogens is 1. The smallest absolute Gasteiger partial charge is 0.238 e. The summed E-state index contributed by atoms with van der Waals surface area (Å²) in [6.07, 6.45) is 0. The highest BCUT2D eigenvalue weighted by Crippen LogP contribution is 2.34. The van der Waals surface area contributed by atoms with Gasteiger partial charge in [-0.15, -0.1) is 0 Å². The van der Waals surface area contributed by atoms with E-state index in [0.717, 1.165) is 5.56 Å². The van der Waals surface area contributed by atoms with E-state index >= 15 is 0 Å². The number of hydrogen-bond donors (Lipinski definition) is 2. The molecule has 2 aromatic carbocycles. The van der Waals surface area contributed by atoms with Crippen LogP contribution in [0.25, 0.3) is 0 Å². The van der Waals surface area contributed by atoms with Crippen LogP contribution in [-0.2, 0) is 16.1 Å². The number of para-hydroxylation sites is 1.